The maximum atomic E-state index is 11.0. The number of hydrogen-bond acceptors (Lipinski definition) is 6. The number of non-ortho nitro benzene ring substituents is 1. The molecule has 3 aromatic rings. The van der Waals surface area contributed by atoms with Crippen molar-refractivity contribution in [3.8, 4) is 5.69 Å². The van der Waals surface area contributed by atoms with Gasteiger partial charge in [-0.25, -0.2) is 0 Å². The van der Waals surface area contributed by atoms with Gasteiger partial charge in [0, 0.05) is 18.3 Å². The van der Waals surface area contributed by atoms with Gasteiger partial charge in [-0.05, 0) is 90.1 Å². The summed E-state index contributed by atoms with van der Waals surface area (Å²) in [5.41, 5.74) is 3.74. The Kier molecular flexibility index (Phi) is 6.34. The van der Waals surface area contributed by atoms with Crippen LogP contribution in [0.15, 0.2) is 47.5 Å². The number of nitro groups is 1. The highest BCUT2D eigenvalue weighted by Gasteiger charge is 2.43. The largest absolute Gasteiger partial charge is 0.278 e. The number of nitro benzene ring substituents is 1. The lowest BCUT2D eigenvalue weighted by Crippen LogP contribution is -2.36. The molecular formula is C26H32N6O2. The molecule has 1 aliphatic rings. The van der Waals surface area contributed by atoms with Crippen LogP contribution in [-0.2, 0) is 5.54 Å². The van der Waals surface area contributed by atoms with Crippen LogP contribution in [0.3, 0.4) is 0 Å². The number of aryl methyl sites for hydroxylation is 2. The van der Waals surface area contributed by atoms with Crippen molar-refractivity contribution < 1.29 is 4.92 Å². The first-order chi connectivity index (χ1) is 16.1. The summed E-state index contributed by atoms with van der Waals surface area (Å²) in [5.74, 6) is 1.34. The maximum absolute atomic E-state index is 11.0. The monoisotopic (exact) mass is 460 g/mol. The van der Waals surface area contributed by atoms with Gasteiger partial charge in [0.25, 0.3) is 5.69 Å². The lowest BCUT2D eigenvalue weighted by atomic mass is 9.67. The molecule has 1 aromatic heterocycles. The summed E-state index contributed by atoms with van der Waals surface area (Å²) in [6.07, 6.45) is 5.54. The van der Waals surface area contributed by atoms with Gasteiger partial charge in [-0.15, -0.1) is 5.10 Å². The molecule has 0 unspecified atom stereocenters. The molecule has 0 atom stereocenters. The van der Waals surface area contributed by atoms with Gasteiger partial charge in [-0.1, -0.05) is 39.0 Å². The van der Waals surface area contributed by atoms with E-state index >= 15 is 0 Å². The van der Waals surface area contributed by atoms with Crippen molar-refractivity contribution in [2.24, 2.45) is 16.3 Å². The molecule has 0 N–H and O–H groups in total. The average Bonchev–Trinajstić information content (AvgIpc) is 3.27. The third kappa shape index (κ3) is 4.62. The van der Waals surface area contributed by atoms with Crippen LogP contribution in [0.1, 0.15) is 69.0 Å². The molecule has 1 fully saturated rings. The SMILES string of the molecule is Cc1cccc(C)c1-n1nnnc1C1(N=Cc2ccc([N+](=O)[O-])cc2)CCC(C(C)(C)C)CC1. The minimum Gasteiger partial charge on any atom is -0.278 e. The van der Waals surface area contributed by atoms with Gasteiger partial charge < -0.3 is 0 Å². The Balaban J connectivity index is 1.76. The second-order valence-corrected chi connectivity index (χ2v) is 10.4. The highest BCUT2D eigenvalue weighted by atomic mass is 16.6. The lowest BCUT2D eigenvalue weighted by molar-refractivity contribution is -0.384. The zero-order chi connectivity index (χ0) is 24.5. The van der Waals surface area contributed by atoms with E-state index in [1.54, 1.807) is 12.1 Å². The Bertz CT molecular complexity index is 1180. The number of para-hydroxylation sites is 1. The number of nitrogens with zero attached hydrogens (tertiary/aromatic N) is 6. The van der Waals surface area contributed by atoms with E-state index in [9.17, 15) is 10.1 Å². The quantitative estimate of drug-likeness (QED) is 0.275. The molecule has 0 spiro atoms. The zero-order valence-electron chi connectivity index (χ0n) is 20.5. The van der Waals surface area contributed by atoms with Crippen molar-refractivity contribution in [1.29, 1.82) is 0 Å². The highest BCUT2D eigenvalue weighted by Crippen LogP contribution is 2.47. The first-order valence-electron chi connectivity index (χ1n) is 11.8. The van der Waals surface area contributed by atoms with Gasteiger partial charge in [-0.2, -0.15) is 4.68 Å². The Hall–Kier alpha value is -3.42. The van der Waals surface area contributed by atoms with E-state index in [4.69, 9.17) is 4.99 Å². The number of aliphatic imine (C=N–C) groups is 1. The predicted octanol–water partition coefficient (Wildman–Crippen LogP) is 5.74. The van der Waals surface area contributed by atoms with Crippen LogP contribution in [0.25, 0.3) is 5.69 Å². The van der Waals surface area contributed by atoms with Gasteiger partial charge >= 0.3 is 0 Å². The molecule has 34 heavy (non-hydrogen) atoms. The summed E-state index contributed by atoms with van der Waals surface area (Å²) in [4.78, 5) is 15.7. The molecule has 0 amide bonds. The molecular weight excluding hydrogens is 428 g/mol. The predicted molar refractivity (Wildman–Crippen MR) is 132 cm³/mol. The summed E-state index contributed by atoms with van der Waals surface area (Å²) < 4.78 is 1.86. The zero-order valence-corrected chi connectivity index (χ0v) is 20.5. The second-order valence-electron chi connectivity index (χ2n) is 10.4. The number of benzene rings is 2. The number of hydrogen-bond donors (Lipinski definition) is 0. The molecule has 1 aliphatic carbocycles. The van der Waals surface area contributed by atoms with Crippen LogP contribution in [0.2, 0.25) is 0 Å². The van der Waals surface area contributed by atoms with Crippen LogP contribution in [0, 0.1) is 35.3 Å². The summed E-state index contributed by atoms with van der Waals surface area (Å²) in [6.45, 7) is 11.0. The van der Waals surface area contributed by atoms with Crippen LogP contribution in [-0.4, -0.2) is 31.3 Å². The van der Waals surface area contributed by atoms with E-state index in [1.807, 2.05) is 17.0 Å². The molecule has 178 valence electrons. The van der Waals surface area contributed by atoms with E-state index in [2.05, 4.69) is 62.3 Å². The van der Waals surface area contributed by atoms with Gasteiger partial charge in [0.05, 0.1) is 10.6 Å². The maximum Gasteiger partial charge on any atom is 0.269 e. The van der Waals surface area contributed by atoms with E-state index in [-0.39, 0.29) is 11.1 Å². The van der Waals surface area contributed by atoms with E-state index in [0.29, 0.717) is 5.92 Å². The molecule has 1 heterocycles. The van der Waals surface area contributed by atoms with Crippen molar-refractivity contribution in [3.05, 3.63) is 75.1 Å². The van der Waals surface area contributed by atoms with Crippen molar-refractivity contribution in [3.63, 3.8) is 0 Å². The van der Waals surface area contributed by atoms with Gasteiger partial charge in [0.2, 0.25) is 0 Å². The third-order valence-electron chi connectivity index (χ3n) is 7.14. The van der Waals surface area contributed by atoms with Gasteiger partial charge in [-0.3, -0.25) is 15.1 Å². The third-order valence-corrected chi connectivity index (χ3v) is 7.14. The minimum absolute atomic E-state index is 0.0662. The van der Waals surface area contributed by atoms with Crippen LogP contribution in [0.4, 0.5) is 5.69 Å². The fraction of sp³-hybridized carbons (Fsp3) is 0.462. The first kappa shape index (κ1) is 23.7. The van der Waals surface area contributed by atoms with Crippen LogP contribution >= 0.6 is 0 Å². The summed E-state index contributed by atoms with van der Waals surface area (Å²) in [6, 6.07) is 12.6. The fourth-order valence-corrected chi connectivity index (χ4v) is 5.02. The van der Waals surface area contributed by atoms with Crippen molar-refractivity contribution in [2.45, 2.75) is 65.8 Å². The number of rotatable bonds is 5. The van der Waals surface area contributed by atoms with Crippen molar-refractivity contribution in [1.82, 2.24) is 20.2 Å². The number of tetrazole rings is 1. The molecule has 8 heteroatoms. The Morgan fingerprint density at radius 1 is 1.09 bits per heavy atom. The average molecular weight is 461 g/mol. The van der Waals surface area contributed by atoms with E-state index in [1.165, 1.54) is 12.1 Å². The Labute approximate surface area is 200 Å². The van der Waals surface area contributed by atoms with Gasteiger partial charge in [0.15, 0.2) is 5.82 Å². The van der Waals surface area contributed by atoms with Crippen LogP contribution < -0.4 is 0 Å². The molecule has 2 aromatic carbocycles. The summed E-state index contributed by atoms with van der Waals surface area (Å²) in [7, 11) is 0. The Morgan fingerprint density at radius 2 is 1.71 bits per heavy atom. The highest BCUT2D eigenvalue weighted by molar-refractivity contribution is 5.80. The standard InChI is InChI=1S/C26H32N6O2/c1-18-7-6-8-19(2)23(18)31-24(28-29-30-31)26(15-13-21(14-16-26)25(3,4)5)27-17-20-9-11-22(12-10-20)32(33)34/h6-12,17,21H,13-16H2,1-5H3. The van der Waals surface area contributed by atoms with E-state index in [0.717, 1.165) is 53.9 Å². The molecule has 0 radical (unpaired) electrons. The normalized spacial score (nSPS) is 21.1. The van der Waals surface area contributed by atoms with E-state index < -0.39 is 10.5 Å². The molecule has 0 aliphatic heterocycles. The molecule has 4 rings (SSSR count). The second kappa shape index (κ2) is 9.08. The Morgan fingerprint density at radius 3 is 2.26 bits per heavy atom. The van der Waals surface area contributed by atoms with Crippen LogP contribution in [0.5, 0.6) is 0 Å². The molecule has 1 saturated carbocycles. The fourth-order valence-electron chi connectivity index (χ4n) is 5.02. The smallest absolute Gasteiger partial charge is 0.269 e. The summed E-state index contributed by atoms with van der Waals surface area (Å²) >= 11 is 0. The number of aromatic nitrogens is 4. The van der Waals surface area contributed by atoms with Crippen molar-refractivity contribution in [2.75, 3.05) is 0 Å². The summed E-state index contributed by atoms with van der Waals surface area (Å²) in [5, 5.41) is 24.0. The molecule has 0 saturated heterocycles. The first-order valence-corrected chi connectivity index (χ1v) is 11.8. The lowest BCUT2D eigenvalue weighted by Gasteiger charge is -2.41. The minimum atomic E-state index is -0.568. The molecule has 0 bridgehead atoms. The van der Waals surface area contributed by atoms with Gasteiger partial charge in [0.1, 0.15) is 5.54 Å². The van der Waals surface area contributed by atoms with Crippen molar-refractivity contribution >= 4 is 11.9 Å². The topological polar surface area (TPSA) is 99.1 Å². The molecule has 8 nitrogen and oxygen atoms in total.